The van der Waals surface area contributed by atoms with Crippen LogP contribution in [-0.2, 0) is 0 Å². The summed E-state index contributed by atoms with van der Waals surface area (Å²) in [6, 6.07) is 3.54. The van der Waals surface area contributed by atoms with Gasteiger partial charge in [0.15, 0.2) is 0 Å². The normalized spacial score (nSPS) is 10.6. The fourth-order valence-corrected chi connectivity index (χ4v) is 1.34. The highest BCUT2D eigenvalue weighted by Gasteiger charge is 1.99. The Bertz CT molecular complexity index is 518. The number of pyridine rings is 2. The summed E-state index contributed by atoms with van der Waals surface area (Å²) in [5.74, 6) is 0. The average molecular weight is 195 g/mol. The number of H-pyrrole nitrogens is 1. The van der Waals surface area contributed by atoms with Crippen molar-refractivity contribution in [2.75, 3.05) is 0 Å². The van der Waals surface area contributed by atoms with Crippen molar-refractivity contribution in [2.45, 2.75) is 6.92 Å². The summed E-state index contributed by atoms with van der Waals surface area (Å²) in [4.78, 5) is 17.8. The van der Waals surface area contributed by atoms with E-state index in [-0.39, 0.29) is 5.56 Å². The van der Waals surface area contributed by atoms with Crippen molar-refractivity contribution in [3.05, 3.63) is 39.3 Å². The fourth-order valence-electron chi connectivity index (χ4n) is 1.17. The van der Waals surface area contributed by atoms with Gasteiger partial charge in [0.05, 0.1) is 5.02 Å². The number of aromatic nitrogens is 2. The number of nitrogens with zero attached hydrogens (tertiary/aromatic N) is 1. The van der Waals surface area contributed by atoms with Gasteiger partial charge in [-0.2, -0.15) is 0 Å². The van der Waals surface area contributed by atoms with Crippen molar-refractivity contribution in [2.24, 2.45) is 0 Å². The Morgan fingerprint density at radius 2 is 2.23 bits per heavy atom. The molecule has 3 nitrogen and oxygen atoms in total. The van der Waals surface area contributed by atoms with Crippen LogP contribution in [0.5, 0.6) is 0 Å². The van der Waals surface area contributed by atoms with E-state index >= 15 is 0 Å². The molecule has 0 aliphatic rings. The standard InChI is InChI=1S/C9H7ClN2O/c1-5-2-6-3-7(10)4-11-8(6)12-9(5)13/h2-4H,1H3,(H,11,12,13). The molecular weight excluding hydrogens is 188 g/mol. The van der Waals surface area contributed by atoms with Crippen molar-refractivity contribution in [1.82, 2.24) is 9.97 Å². The Balaban J connectivity index is 2.89. The monoisotopic (exact) mass is 194 g/mol. The van der Waals surface area contributed by atoms with Crippen LogP contribution in [0.25, 0.3) is 11.0 Å². The van der Waals surface area contributed by atoms with Crippen LogP contribution in [0.15, 0.2) is 23.1 Å². The smallest absolute Gasteiger partial charge is 0.252 e. The third-order valence-corrected chi connectivity index (χ3v) is 2.05. The molecule has 2 rings (SSSR count). The molecule has 66 valence electrons. The molecule has 0 aliphatic carbocycles. The van der Waals surface area contributed by atoms with Gasteiger partial charge in [-0.1, -0.05) is 11.6 Å². The second-order valence-electron chi connectivity index (χ2n) is 2.87. The molecule has 0 saturated carbocycles. The third-order valence-electron chi connectivity index (χ3n) is 1.85. The maximum absolute atomic E-state index is 11.2. The quantitative estimate of drug-likeness (QED) is 0.696. The van der Waals surface area contributed by atoms with E-state index in [1.807, 2.05) is 0 Å². The molecule has 0 saturated heterocycles. The van der Waals surface area contributed by atoms with Crippen LogP contribution in [0.2, 0.25) is 5.02 Å². The zero-order chi connectivity index (χ0) is 9.42. The maximum Gasteiger partial charge on any atom is 0.252 e. The predicted molar refractivity (Wildman–Crippen MR) is 52.1 cm³/mol. The molecule has 1 N–H and O–H groups in total. The third kappa shape index (κ3) is 1.42. The van der Waals surface area contributed by atoms with E-state index in [1.54, 1.807) is 19.1 Å². The number of aromatic amines is 1. The van der Waals surface area contributed by atoms with Crippen LogP contribution in [0, 0.1) is 6.92 Å². The highest BCUT2D eigenvalue weighted by molar-refractivity contribution is 6.31. The molecule has 0 unspecified atom stereocenters. The van der Waals surface area contributed by atoms with E-state index in [0.717, 1.165) is 5.39 Å². The van der Waals surface area contributed by atoms with E-state index in [1.165, 1.54) is 6.20 Å². The Kier molecular flexibility index (Phi) is 1.81. The summed E-state index contributed by atoms with van der Waals surface area (Å²) in [6.07, 6.45) is 1.51. The lowest BCUT2D eigenvalue weighted by atomic mass is 10.2. The highest BCUT2D eigenvalue weighted by Crippen LogP contribution is 2.13. The van der Waals surface area contributed by atoms with E-state index in [9.17, 15) is 4.79 Å². The Morgan fingerprint density at radius 3 is 3.00 bits per heavy atom. The van der Waals surface area contributed by atoms with Crippen molar-refractivity contribution in [3.8, 4) is 0 Å². The van der Waals surface area contributed by atoms with Gasteiger partial charge in [0, 0.05) is 17.1 Å². The fraction of sp³-hybridized carbons (Fsp3) is 0.111. The predicted octanol–water partition coefficient (Wildman–Crippen LogP) is 1.88. The molecule has 2 aromatic rings. The summed E-state index contributed by atoms with van der Waals surface area (Å²) in [6.45, 7) is 1.75. The largest absolute Gasteiger partial charge is 0.306 e. The highest BCUT2D eigenvalue weighted by atomic mass is 35.5. The van der Waals surface area contributed by atoms with E-state index in [2.05, 4.69) is 9.97 Å². The zero-order valence-electron chi connectivity index (χ0n) is 6.97. The number of rotatable bonds is 0. The molecule has 4 heteroatoms. The summed E-state index contributed by atoms with van der Waals surface area (Å²) in [5, 5.41) is 1.42. The van der Waals surface area contributed by atoms with Crippen LogP contribution in [0.4, 0.5) is 0 Å². The first kappa shape index (κ1) is 8.26. The van der Waals surface area contributed by atoms with Crippen LogP contribution < -0.4 is 5.56 Å². The second kappa shape index (κ2) is 2.85. The van der Waals surface area contributed by atoms with Gasteiger partial charge in [0.1, 0.15) is 5.65 Å². The molecule has 0 aromatic carbocycles. The number of fused-ring (bicyclic) bond motifs is 1. The molecule has 0 atom stereocenters. The molecule has 0 bridgehead atoms. The lowest BCUT2D eigenvalue weighted by Crippen LogP contribution is -2.09. The van der Waals surface area contributed by atoms with Gasteiger partial charge in [-0.25, -0.2) is 4.98 Å². The molecule has 0 aliphatic heterocycles. The molecule has 0 radical (unpaired) electrons. The zero-order valence-corrected chi connectivity index (χ0v) is 7.72. The van der Waals surface area contributed by atoms with E-state index < -0.39 is 0 Å². The van der Waals surface area contributed by atoms with Crippen LogP contribution in [-0.4, -0.2) is 9.97 Å². The average Bonchev–Trinajstić information content (AvgIpc) is 2.08. The number of hydrogen-bond acceptors (Lipinski definition) is 2. The second-order valence-corrected chi connectivity index (χ2v) is 3.31. The van der Waals surface area contributed by atoms with E-state index in [0.29, 0.717) is 16.2 Å². The Morgan fingerprint density at radius 1 is 1.46 bits per heavy atom. The maximum atomic E-state index is 11.2. The molecule has 0 amide bonds. The summed E-state index contributed by atoms with van der Waals surface area (Å²) in [5.41, 5.74) is 1.12. The lowest BCUT2D eigenvalue weighted by molar-refractivity contribution is 1.19. The number of nitrogens with one attached hydrogen (secondary N) is 1. The molecule has 2 heterocycles. The first-order valence-corrected chi connectivity index (χ1v) is 4.20. The van der Waals surface area contributed by atoms with Crippen LogP contribution >= 0.6 is 11.6 Å². The molecule has 2 aromatic heterocycles. The van der Waals surface area contributed by atoms with Gasteiger partial charge < -0.3 is 4.98 Å². The Labute approximate surface area is 79.4 Å². The van der Waals surface area contributed by atoms with Crippen molar-refractivity contribution in [3.63, 3.8) is 0 Å². The lowest BCUT2D eigenvalue weighted by Gasteiger charge is -1.98. The van der Waals surface area contributed by atoms with Gasteiger partial charge in [-0.3, -0.25) is 4.79 Å². The Hall–Kier alpha value is -1.35. The molecule has 0 fully saturated rings. The van der Waals surface area contributed by atoms with Gasteiger partial charge in [-0.15, -0.1) is 0 Å². The van der Waals surface area contributed by atoms with Crippen LogP contribution in [0.3, 0.4) is 0 Å². The van der Waals surface area contributed by atoms with Crippen molar-refractivity contribution in [1.29, 1.82) is 0 Å². The number of aryl methyl sites for hydroxylation is 1. The van der Waals surface area contributed by atoms with Gasteiger partial charge in [0.2, 0.25) is 0 Å². The van der Waals surface area contributed by atoms with Gasteiger partial charge >= 0.3 is 0 Å². The SMILES string of the molecule is Cc1cc2cc(Cl)cnc2[nH]c1=O. The summed E-state index contributed by atoms with van der Waals surface area (Å²) in [7, 11) is 0. The topological polar surface area (TPSA) is 45.8 Å². The minimum Gasteiger partial charge on any atom is -0.306 e. The van der Waals surface area contributed by atoms with Gasteiger partial charge in [-0.05, 0) is 19.1 Å². The molecular formula is C9H7ClN2O. The first-order valence-electron chi connectivity index (χ1n) is 3.82. The van der Waals surface area contributed by atoms with E-state index in [4.69, 9.17) is 11.6 Å². The minimum atomic E-state index is -0.109. The first-order chi connectivity index (χ1) is 6.16. The summed E-state index contributed by atoms with van der Waals surface area (Å²) >= 11 is 5.76. The number of halogens is 1. The van der Waals surface area contributed by atoms with Gasteiger partial charge in [0.25, 0.3) is 5.56 Å². The number of hydrogen-bond donors (Lipinski definition) is 1. The molecule has 0 spiro atoms. The summed E-state index contributed by atoms with van der Waals surface area (Å²) < 4.78 is 0. The molecule has 13 heavy (non-hydrogen) atoms. The van der Waals surface area contributed by atoms with Crippen molar-refractivity contribution < 1.29 is 0 Å². The minimum absolute atomic E-state index is 0.109. The van der Waals surface area contributed by atoms with Crippen LogP contribution in [0.1, 0.15) is 5.56 Å². The van der Waals surface area contributed by atoms with Crippen molar-refractivity contribution >= 4 is 22.6 Å².